The zero-order valence-corrected chi connectivity index (χ0v) is 10.8. The van der Waals surface area contributed by atoms with Crippen molar-refractivity contribution < 1.29 is 4.74 Å². The number of ether oxygens (including phenoxy) is 1. The van der Waals surface area contributed by atoms with E-state index in [0.717, 1.165) is 38.3 Å². The van der Waals surface area contributed by atoms with E-state index in [-0.39, 0.29) is 6.04 Å². The third-order valence-electron chi connectivity index (χ3n) is 3.03. The smallest absolute Gasteiger partial charge is 0.122 e. The van der Waals surface area contributed by atoms with Crippen LogP contribution in [-0.4, -0.2) is 31.1 Å². The first-order valence-electron chi connectivity index (χ1n) is 6.34. The second-order valence-corrected chi connectivity index (χ2v) is 5.07. The fraction of sp³-hybridized carbons (Fsp3) is 0.571. The highest BCUT2D eigenvalue weighted by Gasteiger charge is 2.11. The Balaban J connectivity index is 2.01. The van der Waals surface area contributed by atoms with E-state index in [9.17, 15) is 0 Å². The molecular weight excluding hydrogens is 212 g/mol. The molecule has 1 aliphatic rings. The van der Waals surface area contributed by atoms with Crippen LogP contribution in [0.1, 0.15) is 24.5 Å². The van der Waals surface area contributed by atoms with E-state index < -0.39 is 0 Å². The number of benzene rings is 1. The number of rotatable bonds is 4. The SMILES string of the molecule is CC(N)CN(C)Cc1ccc2c(c1)CCCO2. The Hall–Kier alpha value is -1.06. The van der Waals surface area contributed by atoms with Gasteiger partial charge < -0.3 is 15.4 Å². The van der Waals surface area contributed by atoms with Crippen LogP contribution in [0, 0.1) is 0 Å². The molecule has 1 atom stereocenters. The molecule has 94 valence electrons. The van der Waals surface area contributed by atoms with Gasteiger partial charge in [0.25, 0.3) is 0 Å². The molecule has 1 aromatic carbocycles. The van der Waals surface area contributed by atoms with Gasteiger partial charge in [0.15, 0.2) is 0 Å². The highest BCUT2D eigenvalue weighted by molar-refractivity contribution is 5.38. The normalized spacial score (nSPS) is 16.5. The van der Waals surface area contributed by atoms with Crippen molar-refractivity contribution in [2.45, 2.75) is 32.4 Å². The summed E-state index contributed by atoms with van der Waals surface area (Å²) in [6.45, 7) is 4.77. The highest BCUT2D eigenvalue weighted by Crippen LogP contribution is 2.25. The molecule has 17 heavy (non-hydrogen) atoms. The Bertz CT molecular complexity index is 376. The summed E-state index contributed by atoms with van der Waals surface area (Å²) >= 11 is 0. The molecule has 0 saturated heterocycles. The molecule has 0 bridgehead atoms. The topological polar surface area (TPSA) is 38.5 Å². The van der Waals surface area contributed by atoms with Crippen LogP contribution in [-0.2, 0) is 13.0 Å². The molecule has 0 aliphatic carbocycles. The number of fused-ring (bicyclic) bond motifs is 1. The average Bonchev–Trinajstić information content (AvgIpc) is 2.27. The number of hydrogen-bond acceptors (Lipinski definition) is 3. The molecule has 3 nitrogen and oxygen atoms in total. The Morgan fingerprint density at radius 3 is 3.06 bits per heavy atom. The summed E-state index contributed by atoms with van der Waals surface area (Å²) in [6.07, 6.45) is 2.27. The first-order valence-corrected chi connectivity index (χ1v) is 6.34. The van der Waals surface area contributed by atoms with Crippen molar-refractivity contribution in [2.75, 3.05) is 20.2 Å². The Kier molecular flexibility index (Phi) is 4.02. The van der Waals surface area contributed by atoms with Crippen molar-refractivity contribution in [3.63, 3.8) is 0 Å². The molecule has 0 spiro atoms. The van der Waals surface area contributed by atoms with E-state index in [1.807, 2.05) is 6.92 Å². The fourth-order valence-corrected chi connectivity index (χ4v) is 2.38. The average molecular weight is 234 g/mol. The van der Waals surface area contributed by atoms with Gasteiger partial charge in [-0.25, -0.2) is 0 Å². The highest BCUT2D eigenvalue weighted by atomic mass is 16.5. The largest absolute Gasteiger partial charge is 0.493 e. The third-order valence-corrected chi connectivity index (χ3v) is 3.03. The number of hydrogen-bond donors (Lipinski definition) is 1. The van der Waals surface area contributed by atoms with E-state index in [0.29, 0.717) is 0 Å². The van der Waals surface area contributed by atoms with Gasteiger partial charge in [-0.05, 0) is 44.0 Å². The third kappa shape index (κ3) is 3.45. The van der Waals surface area contributed by atoms with E-state index in [4.69, 9.17) is 10.5 Å². The van der Waals surface area contributed by atoms with Crippen molar-refractivity contribution >= 4 is 0 Å². The zero-order chi connectivity index (χ0) is 12.3. The summed E-state index contributed by atoms with van der Waals surface area (Å²) in [7, 11) is 2.11. The summed E-state index contributed by atoms with van der Waals surface area (Å²) in [5.74, 6) is 1.06. The maximum atomic E-state index is 5.80. The van der Waals surface area contributed by atoms with Crippen LogP contribution >= 0.6 is 0 Å². The van der Waals surface area contributed by atoms with Crippen molar-refractivity contribution in [3.8, 4) is 5.75 Å². The molecule has 3 heteroatoms. The molecule has 1 heterocycles. The second-order valence-electron chi connectivity index (χ2n) is 5.07. The minimum Gasteiger partial charge on any atom is -0.493 e. The number of nitrogens with zero attached hydrogens (tertiary/aromatic N) is 1. The minimum absolute atomic E-state index is 0.223. The van der Waals surface area contributed by atoms with Crippen LogP contribution < -0.4 is 10.5 Å². The minimum atomic E-state index is 0.223. The molecule has 0 saturated carbocycles. The van der Waals surface area contributed by atoms with Crippen LogP contribution in [0.4, 0.5) is 0 Å². The summed E-state index contributed by atoms with van der Waals surface area (Å²) in [6, 6.07) is 6.75. The van der Waals surface area contributed by atoms with Crippen molar-refractivity contribution in [1.82, 2.24) is 4.90 Å². The van der Waals surface area contributed by atoms with E-state index in [1.165, 1.54) is 11.1 Å². The van der Waals surface area contributed by atoms with Gasteiger partial charge in [0.1, 0.15) is 5.75 Å². The molecule has 1 aliphatic heterocycles. The lowest BCUT2D eigenvalue weighted by Crippen LogP contribution is -2.32. The standard InChI is InChI=1S/C14H22N2O/c1-11(15)9-16(2)10-12-5-6-14-13(8-12)4-3-7-17-14/h5-6,8,11H,3-4,7,9-10,15H2,1-2H3. The van der Waals surface area contributed by atoms with Gasteiger partial charge in [0, 0.05) is 19.1 Å². The first-order chi connectivity index (χ1) is 8.15. The summed E-state index contributed by atoms with van der Waals surface area (Å²) < 4.78 is 5.61. The molecule has 2 N–H and O–H groups in total. The lowest BCUT2D eigenvalue weighted by molar-refractivity contribution is 0.286. The van der Waals surface area contributed by atoms with E-state index in [2.05, 4.69) is 30.1 Å². The van der Waals surface area contributed by atoms with Gasteiger partial charge >= 0.3 is 0 Å². The quantitative estimate of drug-likeness (QED) is 0.863. The van der Waals surface area contributed by atoms with Crippen LogP contribution in [0.25, 0.3) is 0 Å². The summed E-state index contributed by atoms with van der Waals surface area (Å²) in [5, 5.41) is 0. The first kappa shape index (κ1) is 12.4. The molecule has 0 fully saturated rings. The maximum Gasteiger partial charge on any atom is 0.122 e. The maximum absolute atomic E-state index is 5.80. The molecule has 1 aromatic rings. The number of likely N-dealkylation sites (N-methyl/N-ethyl adjacent to an activating group) is 1. The molecule has 0 amide bonds. The zero-order valence-electron chi connectivity index (χ0n) is 10.8. The predicted octanol–water partition coefficient (Wildman–Crippen LogP) is 1.79. The second kappa shape index (κ2) is 5.52. The van der Waals surface area contributed by atoms with Gasteiger partial charge in [-0.1, -0.05) is 12.1 Å². The lowest BCUT2D eigenvalue weighted by Gasteiger charge is -2.21. The Morgan fingerprint density at radius 1 is 1.47 bits per heavy atom. The van der Waals surface area contributed by atoms with Crippen molar-refractivity contribution in [1.29, 1.82) is 0 Å². The number of nitrogens with two attached hydrogens (primary N) is 1. The van der Waals surface area contributed by atoms with E-state index >= 15 is 0 Å². The summed E-state index contributed by atoms with van der Waals surface area (Å²) in [4.78, 5) is 2.26. The number of aryl methyl sites for hydroxylation is 1. The Morgan fingerprint density at radius 2 is 2.29 bits per heavy atom. The van der Waals surface area contributed by atoms with Gasteiger partial charge in [-0.2, -0.15) is 0 Å². The van der Waals surface area contributed by atoms with Gasteiger partial charge in [-0.3, -0.25) is 0 Å². The van der Waals surface area contributed by atoms with Crippen molar-refractivity contribution in [2.24, 2.45) is 5.73 Å². The molecule has 2 rings (SSSR count). The molecule has 0 radical (unpaired) electrons. The van der Waals surface area contributed by atoms with Gasteiger partial charge in [0.05, 0.1) is 6.61 Å². The van der Waals surface area contributed by atoms with Crippen molar-refractivity contribution in [3.05, 3.63) is 29.3 Å². The monoisotopic (exact) mass is 234 g/mol. The van der Waals surface area contributed by atoms with E-state index in [1.54, 1.807) is 0 Å². The predicted molar refractivity (Wildman–Crippen MR) is 70.2 cm³/mol. The van der Waals surface area contributed by atoms with Gasteiger partial charge in [-0.15, -0.1) is 0 Å². The van der Waals surface area contributed by atoms with Crippen LogP contribution in [0.5, 0.6) is 5.75 Å². The molecular formula is C14H22N2O. The summed E-state index contributed by atoms with van der Waals surface area (Å²) in [5.41, 5.74) is 8.49. The molecule has 0 aromatic heterocycles. The van der Waals surface area contributed by atoms with Crippen LogP contribution in [0.15, 0.2) is 18.2 Å². The van der Waals surface area contributed by atoms with Crippen LogP contribution in [0.3, 0.4) is 0 Å². The molecule has 1 unspecified atom stereocenters. The fourth-order valence-electron chi connectivity index (χ4n) is 2.38. The Labute approximate surface area is 104 Å². The van der Waals surface area contributed by atoms with Crippen LogP contribution in [0.2, 0.25) is 0 Å². The van der Waals surface area contributed by atoms with Gasteiger partial charge in [0.2, 0.25) is 0 Å². The lowest BCUT2D eigenvalue weighted by atomic mass is 10.0.